The molecule has 0 aromatic heterocycles. The topological polar surface area (TPSA) is 29.5 Å². The van der Waals surface area contributed by atoms with E-state index in [1.165, 1.54) is 12.8 Å². The Hall–Kier alpha value is -0.770. The standard InChI is InChI=1S/C17H21Cl2NO2/c18-15-5-3-12(9-16(15)19)4-6-17(21)20-8-7-14(10-20)22-11-13-1-2-13/h3,5,9,13-14H,1-2,4,6-8,10-11H2/t14-/m0/s1. The fourth-order valence-electron chi connectivity index (χ4n) is 2.75. The van der Waals surface area contributed by atoms with Gasteiger partial charge in [0, 0.05) is 26.1 Å². The zero-order chi connectivity index (χ0) is 15.5. The first-order valence-electron chi connectivity index (χ1n) is 7.95. The third kappa shape index (κ3) is 4.37. The summed E-state index contributed by atoms with van der Waals surface area (Å²) in [5, 5.41) is 1.09. The molecule has 1 saturated heterocycles. The molecule has 0 unspecified atom stereocenters. The summed E-state index contributed by atoms with van der Waals surface area (Å²) in [5.41, 5.74) is 1.04. The number of ether oxygens (including phenoxy) is 1. The number of likely N-dealkylation sites (tertiary alicyclic amines) is 1. The average molecular weight is 342 g/mol. The van der Waals surface area contributed by atoms with Crippen molar-refractivity contribution in [2.75, 3.05) is 19.7 Å². The number of amides is 1. The first-order chi connectivity index (χ1) is 10.6. The maximum Gasteiger partial charge on any atom is 0.222 e. The van der Waals surface area contributed by atoms with Gasteiger partial charge in [-0.05, 0) is 49.3 Å². The smallest absolute Gasteiger partial charge is 0.222 e. The molecule has 0 bridgehead atoms. The van der Waals surface area contributed by atoms with Gasteiger partial charge in [-0.3, -0.25) is 4.79 Å². The lowest BCUT2D eigenvalue weighted by Gasteiger charge is -2.17. The number of hydrogen-bond donors (Lipinski definition) is 0. The van der Waals surface area contributed by atoms with Gasteiger partial charge in [0.25, 0.3) is 0 Å². The predicted octanol–water partition coefficient (Wildman–Crippen LogP) is 3.95. The van der Waals surface area contributed by atoms with Gasteiger partial charge in [-0.1, -0.05) is 29.3 Å². The third-order valence-corrected chi connectivity index (χ3v) is 5.11. The fraction of sp³-hybridized carbons (Fsp3) is 0.588. The quantitative estimate of drug-likeness (QED) is 0.783. The van der Waals surface area contributed by atoms with E-state index in [4.69, 9.17) is 27.9 Å². The van der Waals surface area contributed by atoms with Crippen molar-refractivity contribution >= 4 is 29.1 Å². The molecule has 5 heteroatoms. The van der Waals surface area contributed by atoms with Crippen LogP contribution in [0.2, 0.25) is 10.0 Å². The van der Waals surface area contributed by atoms with Crippen molar-refractivity contribution in [3.8, 4) is 0 Å². The Balaban J connectivity index is 1.42. The zero-order valence-electron chi connectivity index (χ0n) is 12.6. The Morgan fingerprint density at radius 3 is 2.77 bits per heavy atom. The van der Waals surface area contributed by atoms with Gasteiger partial charge >= 0.3 is 0 Å². The van der Waals surface area contributed by atoms with E-state index in [0.29, 0.717) is 22.9 Å². The van der Waals surface area contributed by atoms with Crippen molar-refractivity contribution in [1.29, 1.82) is 0 Å². The van der Waals surface area contributed by atoms with Gasteiger partial charge < -0.3 is 9.64 Å². The number of nitrogens with zero attached hydrogens (tertiary/aromatic N) is 1. The molecule has 1 amide bonds. The second kappa shape index (κ2) is 7.20. The largest absolute Gasteiger partial charge is 0.376 e. The summed E-state index contributed by atoms with van der Waals surface area (Å²) in [6.07, 6.45) is 5.01. The predicted molar refractivity (Wildman–Crippen MR) is 88.4 cm³/mol. The first-order valence-corrected chi connectivity index (χ1v) is 8.70. The maximum atomic E-state index is 12.3. The molecule has 2 aliphatic rings. The summed E-state index contributed by atoms with van der Waals surface area (Å²) >= 11 is 11.9. The Morgan fingerprint density at radius 1 is 1.23 bits per heavy atom. The lowest BCUT2D eigenvalue weighted by Crippen LogP contribution is -2.30. The zero-order valence-corrected chi connectivity index (χ0v) is 14.1. The van der Waals surface area contributed by atoms with E-state index in [1.54, 1.807) is 6.07 Å². The van der Waals surface area contributed by atoms with Gasteiger partial charge in [0.15, 0.2) is 0 Å². The first kappa shape index (κ1) is 16.1. The average Bonchev–Trinajstić information content (AvgIpc) is 3.22. The molecule has 1 aliphatic heterocycles. The molecule has 1 aromatic rings. The molecule has 2 fully saturated rings. The second-order valence-corrected chi connectivity index (χ2v) is 7.09. The summed E-state index contributed by atoms with van der Waals surface area (Å²) in [6.45, 7) is 2.43. The molecule has 1 aromatic carbocycles. The van der Waals surface area contributed by atoms with E-state index in [9.17, 15) is 4.79 Å². The van der Waals surface area contributed by atoms with Crippen LogP contribution in [-0.4, -0.2) is 36.6 Å². The summed E-state index contributed by atoms with van der Waals surface area (Å²) in [6, 6.07) is 5.54. The highest BCUT2D eigenvalue weighted by Crippen LogP contribution is 2.30. The van der Waals surface area contributed by atoms with E-state index in [2.05, 4.69) is 0 Å². The number of carbonyl (C=O) groups excluding carboxylic acids is 1. The van der Waals surface area contributed by atoms with Crippen LogP contribution in [0.3, 0.4) is 0 Å². The van der Waals surface area contributed by atoms with Crippen LogP contribution in [0.4, 0.5) is 0 Å². The van der Waals surface area contributed by atoms with Gasteiger partial charge in [-0.25, -0.2) is 0 Å². The number of hydrogen-bond acceptors (Lipinski definition) is 2. The molecular weight excluding hydrogens is 321 g/mol. The minimum absolute atomic E-state index is 0.198. The number of carbonyl (C=O) groups is 1. The van der Waals surface area contributed by atoms with Crippen LogP contribution in [0.1, 0.15) is 31.2 Å². The second-order valence-electron chi connectivity index (χ2n) is 6.28. The van der Waals surface area contributed by atoms with Crippen molar-refractivity contribution in [2.24, 2.45) is 5.92 Å². The highest BCUT2D eigenvalue weighted by molar-refractivity contribution is 6.42. The highest BCUT2D eigenvalue weighted by Gasteiger charge is 2.29. The van der Waals surface area contributed by atoms with Gasteiger partial charge in [0.2, 0.25) is 5.91 Å². The molecule has 0 spiro atoms. The van der Waals surface area contributed by atoms with E-state index >= 15 is 0 Å². The number of rotatable bonds is 6. The van der Waals surface area contributed by atoms with Crippen molar-refractivity contribution < 1.29 is 9.53 Å². The molecule has 1 saturated carbocycles. The molecule has 1 aliphatic carbocycles. The van der Waals surface area contributed by atoms with E-state index in [1.807, 2.05) is 17.0 Å². The summed E-state index contributed by atoms with van der Waals surface area (Å²) in [7, 11) is 0. The van der Waals surface area contributed by atoms with Crippen LogP contribution < -0.4 is 0 Å². The molecule has 0 radical (unpaired) electrons. The number of halogens is 2. The van der Waals surface area contributed by atoms with E-state index < -0.39 is 0 Å². The molecule has 0 N–H and O–H groups in total. The summed E-state index contributed by atoms with van der Waals surface area (Å²) in [5.74, 6) is 0.975. The number of benzene rings is 1. The number of aryl methyl sites for hydroxylation is 1. The van der Waals surface area contributed by atoms with Crippen molar-refractivity contribution in [1.82, 2.24) is 4.90 Å². The molecular formula is C17H21Cl2NO2. The van der Waals surface area contributed by atoms with Crippen LogP contribution in [-0.2, 0) is 16.0 Å². The highest BCUT2D eigenvalue weighted by atomic mass is 35.5. The molecule has 1 heterocycles. The van der Waals surface area contributed by atoms with Gasteiger partial charge in [-0.15, -0.1) is 0 Å². The van der Waals surface area contributed by atoms with Crippen LogP contribution in [0.25, 0.3) is 0 Å². The molecule has 3 nitrogen and oxygen atoms in total. The Labute approximate surface area is 141 Å². The Kier molecular flexibility index (Phi) is 5.27. The SMILES string of the molecule is O=C(CCc1ccc(Cl)c(Cl)c1)N1CC[C@H](OCC2CC2)C1. The maximum absolute atomic E-state index is 12.3. The van der Waals surface area contributed by atoms with Crippen LogP contribution in [0.5, 0.6) is 0 Å². The third-order valence-electron chi connectivity index (χ3n) is 4.37. The minimum atomic E-state index is 0.198. The summed E-state index contributed by atoms with van der Waals surface area (Å²) in [4.78, 5) is 14.2. The monoisotopic (exact) mass is 341 g/mol. The van der Waals surface area contributed by atoms with Crippen molar-refractivity contribution in [3.63, 3.8) is 0 Å². The Bertz CT molecular complexity index is 545. The lowest BCUT2D eigenvalue weighted by atomic mass is 10.1. The minimum Gasteiger partial charge on any atom is -0.376 e. The van der Waals surface area contributed by atoms with E-state index in [0.717, 1.165) is 37.6 Å². The fourth-order valence-corrected chi connectivity index (χ4v) is 3.07. The van der Waals surface area contributed by atoms with Crippen LogP contribution in [0.15, 0.2) is 18.2 Å². The molecule has 3 rings (SSSR count). The summed E-state index contributed by atoms with van der Waals surface area (Å²) < 4.78 is 5.87. The normalized spacial score (nSPS) is 21.4. The van der Waals surface area contributed by atoms with Crippen LogP contribution >= 0.6 is 23.2 Å². The van der Waals surface area contributed by atoms with Gasteiger partial charge in [-0.2, -0.15) is 0 Å². The van der Waals surface area contributed by atoms with Crippen molar-refractivity contribution in [3.05, 3.63) is 33.8 Å². The Morgan fingerprint density at radius 2 is 2.05 bits per heavy atom. The van der Waals surface area contributed by atoms with E-state index in [-0.39, 0.29) is 12.0 Å². The molecule has 1 atom stereocenters. The lowest BCUT2D eigenvalue weighted by molar-refractivity contribution is -0.130. The van der Waals surface area contributed by atoms with Crippen LogP contribution in [0, 0.1) is 5.92 Å². The van der Waals surface area contributed by atoms with Gasteiger partial charge in [0.05, 0.1) is 16.1 Å². The van der Waals surface area contributed by atoms with Gasteiger partial charge in [0.1, 0.15) is 0 Å². The molecule has 120 valence electrons. The molecule has 22 heavy (non-hydrogen) atoms. The van der Waals surface area contributed by atoms with Crippen molar-refractivity contribution in [2.45, 2.75) is 38.2 Å².